The highest BCUT2D eigenvalue weighted by molar-refractivity contribution is 5.81. The lowest BCUT2D eigenvalue weighted by Gasteiger charge is -2.37. The monoisotopic (exact) mass is 245 g/mol. The topological polar surface area (TPSA) is 40.5 Å². The molecule has 1 aromatic carbocycles. The number of carboxylic acids is 1. The lowest BCUT2D eigenvalue weighted by Crippen LogP contribution is -2.56. The molecule has 0 aromatic heterocycles. The van der Waals surface area contributed by atoms with E-state index in [1.807, 2.05) is 12.1 Å². The van der Waals surface area contributed by atoms with Gasteiger partial charge in [-0.1, -0.05) is 24.3 Å². The lowest BCUT2D eigenvalue weighted by atomic mass is 9.92. The maximum absolute atomic E-state index is 11.9. The molecule has 1 heterocycles. The number of hydrogen-bond donors (Lipinski definition) is 1. The largest absolute Gasteiger partial charge is 0.480 e. The maximum atomic E-state index is 11.9. The number of benzene rings is 1. The Morgan fingerprint density at radius 3 is 2.39 bits per heavy atom. The molecule has 2 aliphatic rings. The third kappa shape index (κ3) is 1.57. The van der Waals surface area contributed by atoms with Gasteiger partial charge in [0.05, 0.1) is 0 Å². The number of nitrogens with zero attached hydrogens (tertiary/aromatic N) is 1. The average Bonchev–Trinajstić information content (AvgIpc) is 2.92. The van der Waals surface area contributed by atoms with E-state index in [9.17, 15) is 9.90 Å². The molecule has 1 saturated heterocycles. The molecule has 3 rings (SSSR count). The smallest absolute Gasteiger partial charge is 0.324 e. The van der Waals surface area contributed by atoms with E-state index in [0.717, 1.165) is 19.4 Å². The molecule has 1 aromatic rings. The van der Waals surface area contributed by atoms with Gasteiger partial charge in [-0.15, -0.1) is 0 Å². The number of rotatable bonds is 2. The van der Waals surface area contributed by atoms with Gasteiger partial charge in [-0.05, 0) is 37.4 Å². The number of carboxylic acid groups (broad SMARTS) is 1. The van der Waals surface area contributed by atoms with Gasteiger partial charge in [-0.2, -0.15) is 0 Å². The Bertz CT molecular complexity index is 458. The molecule has 3 nitrogen and oxygen atoms in total. The summed E-state index contributed by atoms with van der Waals surface area (Å²) in [7, 11) is 0. The third-order valence-electron chi connectivity index (χ3n) is 4.59. The fourth-order valence-corrected chi connectivity index (χ4v) is 3.64. The first-order chi connectivity index (χ1) is 8.63. The molecule has 1 fully saturated rings. The summed E-state index contributed by atoms with van der Waals surface area (Å²) in [5.74, 6) is -0.660. The van der Waals surface area contributed by atoms with Crippen molar-refractivity contribution in [1.29, 1.82) is 0 Å². The van der Waals surface area contributed by atoms with Crippen molar-refractivity contribution < 1.29 is 9.90 Å². The van der Waals surface area contributed by atoms with Gasteiger partial charge in [0.1, 0.15) is 5.54 Å². The van der Waals surface area contributed by atoms with Crippen LogP contribution in [0, 0.1) is 0 Å². The van der Waals surface area contributed by atoms with E-state index in [2.05, 4.69) is 24.0 Å². The number of carbonyl (C=O) groups is 1. The van der Waals surface area contributed by atoms with Gasteiger partial charge in [0.2, 0.25) is 0 Å². The normalized spacial score (nSPS) is 26.2. The Hall–Kier alpha value is -1.35. The van der Waals surface area contributed by atoms with Gasteiger partial charge in [-0.25, -0.2) is 0 Å². The van der Waals surface area contributed by atoms with E-state index in [1.54, 1.807) is 0 Å². The fourth-order valence-electron chi connectivity index (χ4n) is 3.64. The zero-order valence-corrected chi connectivity index (χ0v) is 10.7. The van der Waals surface area contributed by atoms with Gasteiger partial charge >= 0.3 is 5.97 Å². The molecule has 1 atom stereocenters. The van der Waals surface area contributed by atoms with Crippen LogP contribution in [0.15, 0.2) is 24.3 Å². The van der Waals surface area contributed by atoms with Gasteiger partial charge in [0.15, 0.2) is 0 Å². The van der Waals surface area contributed by atoms with Crippen LogP contribution in [0.25, 0.3) is 0 Å². The van der Waals surface area contributed by atoms with E-state index in [1.165, 1.54) is 11.1 Å². The summed E-state index contributed by atoms with van der Waals surface area (Å²) in [6.07, 6.45) is 3.55. The summed E-state index contributed by atoms with van der Waals surface area (Å²) in [4.78, 5) is 14.1. The van der Waals surface area contributed by atoms with Gasteiger partial charge in [0.25, 0.3) is 0 Å². The van der Waals surface area contributed by atoms with Crippen molar-refractivity contribution in [3.05, 3.63) is 35.4 Å². The summed E-state index contributed by atoms with van der Waals surface area (Å²) < 4.78 is 0. The lowest BCUT2D eigenvalue weighted by molar-refractivity contribution is -0.151. The first-order valence-electron chi connectivity index (χ1n) is 6.70. The van der Waals surface area contributed by atoms with Crippen molar-refractivity contribution in [1.82, 2.24) is 4.90 Å². The van der Waals surface area contributed by atoms with Crippen molar-refractivity contribution in [3.8, 4) is 0 Å². The second-order valence-electron chi connectivity index (χ2n) is 5.64. The highest BCUT2D eigenvalue weighted by Gasteiger charge is 2.51. The second-order valence-corrected chi connectivity index (χ2v) is 5.64. The van der Waals surface area contributed by atoms with Crippen LogP contribution >= 0.6 is 0 Å². The fraction of sp³-hybridized carbons (Fsp3) is 0.533. The second kappa shape index (κ2) is 4.09. The van der Waals surface area contributed by atoms with E-state index >= 15 is 0 Å². The highest BCUT2D eigenvalue weighted by atomic mass is 16.4. The quantitative estimate of drug-likeness (QED) is 0.867. The number of aliphatic carboxylic acids is 1. The number of likely N-dealkylation sites (tertiary alicyclic amines) is 1. The molecule has 3 heteroatoms. The Morgan fingerprint density at radius 2 is 1.94 bits per heavy atom. The van der Waals surface area contributed by atoms with E-state index in [0.29, 0.717) is 18.9 Å². The van der Waals surface area contributed by atoms with Gasteiger partial charge in [-0.3, -0.25) is 9.69 Å². The zero-order chi connectivity index (χ0) is 12.8. The van der Waals surface area contributed by atoms with Crippen LogP contribution in [0.4, 0.5) is 0 Å². The summed E-state index contributed by atoms with van der Waals surface area (Å²) >= 11 is 0. The summed E-state index contributed by atoms with van der Waals surface area (Å²) in [6.45, 7) is 3.07. The van der Waals surface area contributed by atoms with Crippen LogP contribution in [0.1, 0.15) is 30.9 Å². The van der Waals surface area contributed by atoms with Crippen LogP contribution in [0.5, 0.6) is 0 Å². The number of hydrogen-bond acceptors (Lipinski definition) is 2. The van der Waals surface area contributed by atoms with Gasteiger partial charge < -0.3 is 5.11 Å². The minimum atomic E-state index is -0.695. The van der Waals surface area contributed by atoms with Crippen LogP contribution < -0.4 is 0 Å². The Morgan fingerprint density at radius 1 is 1.33 bits per heavy atom. The SMILES string of the molecule is CC1CCCN1C1(C(=O)O)Cc2ccccc2C1. The summed E-state index contributed by atoms with van der Waals surface area (Å²) in [5, 5.41) is 9.77. The van der Waals surface area contributed by atoms with Gasteiger partial charge in [0, 0.05) is 18.9 Å². The first kappa shape index (κ1) is 11.7. The Balaban J connectivity index is 1.99. The minimum Gasteiger partial charge on any atom is -0.480 e. The maximum Gasteiger partial charge on any atom is 0.324 e. The standard InChI is InChI=1S/C15H19NO2/c1-11-5-4-8-16(11)15(14(17)18)9-12-6-2-3-7-13(12)10-15/h2-3,6-7,11H,4-5,8-10H2,1H3,(H,17,18). The minimum absolute atomic E-state index is 0.385. The first-order valence-corrected chi connectivity index (χ1v) is 6.70. The predicted octanol–water partition coefficient (Wildman–Crippen LogP) is 2.09. The molecule has 1 aliphatic heterocycles. The molecule has 0 radical (unpaired) electrons. The highest BCUT2D eigenvalue weighted by Crippen LogP contribution is 2.38. The molecule has 0 saturated carbocycles. The van der Waals surface area contributed by atoms with E-state index in [4.69, 9.17) is 0 Å². The molecular formula is C15H19NO2. The van der Waals surface area contributed by atoms with Crippen molar-refractivity contribution in [3.63, 3.8) is 0 Å². The number of fused-ring (bicyclic) bond motifs is 1. The molecule has 96 valence electrons. The van der Waals surface area contributed by atoms with Crippen LogP contribution in [-0.4, -0.2) is 34.1 Å². The molecule has 1 aliphatic carbocycles. The predicted molar refractivity (Wildman–Crippen MR) is 69.6 cm³/mol. The molecule has 0 amide bonds. The summed E-state index contributed by atoms with van der Waals surface area (Å²) in [5.41, 5.74) is 1.72. The molecule has 1 N–H and O–H groups in total. The molecule has 1 unspecified atom stereocenters. The molecule has 0 bridgehead atoms. The Kier molecular flexibility index (Phi) is 2.67. The van der Waals surface area contributed by atoms with E-state index < -0.39 is 11.5 Å². The van der Waals surface area contributed by atoms with Crippen molar-refractivity contribution >= 4 is 5.97 Å². The van der Waals surface area contributed by atoms with Crippen molar-refractivity contribution in [2.75, 3.05) is 6.54 Å². The summed E-state index contributed by atoms with van der Waals surface area (Å²) in [6, 6.07) is 8.53. The van der Waals surface area contributed by atoms with Crippen molar-refractivity contribution in [2.45, 2.75) is 44.2 Å². The van der Waals surface area contributed by atoms with Crippen LogP contribution in [0.2, 0.25) is 0 Å². The molecule has 0 spiro atoms. The van der Waals surface area contributed by atoms with Crippen molar-refractivity contribution in [2.24, 2.45) is 0 Å². The molecular weight excluding hydrogens is 226 g/mol. The average molecular weight is 245 g/mol. The third-order valence-corrected chi connectivity index (χ3v) is 4.59. The van der Waals surface area contributed by atoms with Crippen LogP contribution in [-0.2, 0) is 17.6 Å². The Labute approximate surface area is 107 Å². The van der Waals surface area contributed by atoms with Crippen LogP contribution in [0.3, 0.4) is 0 Å². The van der Waals surface area contributed by atoms with E-state index in [-0.39, 0.29) is 0 Å². The molecule has 18 heavy (non-hydrogen) atoms. The zero-order valence-electron chi connectivity index (χ0n) is 10.7.